The van der Waals surface area contributed by atoms with Crippen molar-refractivity contribution in [3.63, 3.8) is 0 Å². The predicted molar refractivity (Wildman–Crippen MR) is 87.8 cm³/mol. The normalized spacial score (nSPS) is 10.5. The Morgan fingerprint density at radius 1 is 1.09 bits per heavy atom. The lowest BCUT2D eigenvalue weighted by Crippen LogP contribution is -2.25. The summed E-state index contributed by atoms with van der Waals surface area (Å²) in [6.07, 6.45) is 1.57. The Morgan fingerprint density at radius 3 is 2.70 bits per heavy atom. The molecule has 2 heterocycles. The van der Waals surface area contributed by atoms with Gasteiger partial charge in [0.2, 0.25) is 5.95 Å². The monoisotopic (exact) mass is 328 g/mol. The SMILES string of the molecule is O=c1nc(NNCc2ccccc2)nc(-c2ncccc2Cl)[nH]1. The number of anilines is 1. The fourth-order valence-electron chi connectivity index (χ4n) is 1.93. The van der Waals surface area contributed by atoms with Crippen molar-refractivity contribution < 1.29 is 0 Å². The summed E-state index contributed by atoms with van der Waals surface area (Å²) in [4.78, 5) is 26.3. The molecule has 0 bridgehead atoms. The number of nitrogens with zero attached hydrogens (tertiary/aromatic N) is 3. The number of halogens is 1. The highest BCUT2D eigenvalue weighted by Crippen LogP contribution is 2.21. The fourth-order valence-corrected chi connectivity index (χ4v) is 2.14. The molecule has 0 saturated heterocycles. The van der Waals surface area contributed by atoms with Gasteiger partial charge >= 0.3 is 5.69 Å². The molecule has 0 amide bonds. The van der Waals surface area contributed by atoms with Crippen LogP contribution in [0.3, 0.4) is 0 Å². The van der Waals surface area contributed by atoms with Gasteiger partial charge in [0, 0.05) is 12.7 Å². The lowest BCUT2D eigenvalue weighted by Gasteiger charge is -2.08. The van der Waals surface area contributed by atoms with Crippen LogP contribution >= 0.6 is 11.6 Å². The second-order valence-corrected chi connectivity index (χ2v) is 5.03. The molecule has 0 spiro atoms. The molecule has 3 aromatic rings. The number of hydrazine groups is 1. The third-order valence-electron chi connectivity index (χ3n) is 2.97. The van der Waals surface area contributed by atoms with Gasteiger partial charge in [-0.15, -0.1) is 0 Å². The molecule has 0 aliphatic heterocycles. The van der Waals surface area contributed by atoms with E-state index in [4.69, 9.17) is 11.6 Å². The minimum Gasteiger partial charge on any atom is -0.289 e. The van der Waals surface area contributed by atoms with E-state index in [1.54, 1.807) is 18.3 Å². The number of pyridine rings is 1. The standard InChI is InChI=1S/C15H13ClN6O/c16-11-7-4-8-17-12(11)13-19-14(21-15(23)20-13)22-18-9-10-5-2-1-3-6-10/h1-8,18H,9H2,(H2,19,20,21,22,23). The molecule has 0 atom stereocenters. The van der Waals surface area contributed by atoms with E-state index in [0.717, 1.165) is 5.56 Å². The smallest absolute Gasteiger partial charge is 0.289 e. The lowest BCUT2D eigenvalue weighted by atomic mass is 10.2. The minimum atomic E-state index is -0.541. The summed E-state index contributed by atoms with van der Waals surface area (Å²) in [6, 6.07) is 13.2. The topological polar surface area (TPSA) is 95.6 Å². The summed E-state index contributed by atoms with van der Waals surface area (Å²) in [5.74, 6) is 0.390. The number of hydrogen-bond donors (Lipinski definition) is 3. The summed E-state index contributed by atoms with van der Waals surface area (Å²) in [5, 5.41) is 0.394. The highest BCUT2D eigenvalue weighted by Gasteiger charge is 2.09. The number of hydrogen-bond acceptors (Lipinski definition) is 6. The van der Waals surface area contributed by atoms with Gasteiger partial charge in [0.05, 0.1) is 5.02 Å². The van der Waals surface area contributed by atoms with E-state index in [-0.39, 0.29) is 11.8 Å². The second kappa shape index (κ2) is 6.99. The summed E-state index contributed by atoms with van der Waals surface area (Å²) in [7, 11) is 0. The Morgan fingerprint density at radius 2 is 1.91 bits per heavy atom. The van der Waals surface area contributed by atoms with E-state index >= 15 is 0 Å². The average molecular weight is 329 g/mol. The Balaban J connectivity index is 1.76. The molecular weight excluding hydrogens is 316 g/mol. The Hall–Kier alpha value is -2.77. The van der Waals surface area contributed by atoms with Gasteiger partial charge in [0.25, 0.3) is 0 Å². The van der Waals surface area contributed by atoms with Crippen LogP contribution in [0.1, 0.15) is 5.56 Å². The minimum absolute atomic E-state index is 0.140. The lowest BCUT2D eigenvalue weighted by molar-refractivity contribution is 0.779. The van der Waals surface area contributed by atoms with Gasteiger partial charge in [-0.25, -0.2) is 10.2 Å². The number of aromatic nitrogens is 4. The Kier molecular flexibility index (Phi) is 4.60. The first-order chi connectivity index (χ1) is 11.2. The van der Waals surface area contributed by atoms with E-state index in [1.165, 1.54) is 0 Å². The first-order valence-electron chi connectivity index (χ1n) is 6.84. The van der Waals surface area contributed by atoms with E-state index in [9.17, 15) is 4.79 Å². The quantitative estimate of drug-likeness (QED) is 0.620. The van der Waals surface area contributed by atoms with Gasteiger partial charge in [-0.1, -0.05) is 41.9 Å². The summed E-state index contributed by atoms with van der Waals surface area (Å²) < 4.78 is 0. The first kappa shape index (κ1) is 15.1. The third-order valence-corrected chi connectivity index (χ3v) is 3.27. The van der Waals surface area contributed by atoms with Crippen molar-refractivity contribution in [1.29, 1.82) is 0 Å². The largest absolute Gasteiger partial charge is 0.349 e. The molecule has 23 heavy (non-hydrogen) atoms. The number of rotatable bonds is 5. The van der Waals surface area contributed by atoms with Crippen molar-refractivity contribution in [2.75, 3.05) is 5.43 Å². The first-order valence-corrected chi connectivity index (χ1v) is 7.22. The van der Waals surface area contributed by atoms with Crippen molar-refractivity contribution in [2.24, 2.45) is 0 Å². The van der Waals surface area contributed by atoms with Gasteiger partial charge < -0.3 is 0 Å². The zero-order valence-corrected chi connectivity index (χ0v) is 12.7. The molecule has 116 valence electrons. The molecule has 0 aliphatic carbocycles. The molecule has 3 N–H and O–H groups in total. The van der Waals surface area contributed by atoms with Crippen molar-refractivity contribution in [3.05, 3.63) is 69.7 Å². The van der Waals surface area contributed by atoms with Gasteiger partial charge in [-0.05, 0) is 17.7 Å². The van der Waals surface area contributed by atoms with Gasteiger partial charge in [0.15, 0.2) is 5.82 Å². The summed E-state index contributed by atoms with van der Waals surface area (Å²) in [6.45, 7) is 0.552. The van der Waals surface area contributed by atoms with Gasteiger partial charge in [0.1, 0.15) is 5.69 Å². The fraction of sp³-hybridized carbons (Fsp3) is 0.0667. The molecule has 0 saturated carbocycles. The molecule has 3 rings (SSSR count). The van der Waals surface area contributed by atoms with Crippen LogP contribution in [0.4, 0.5) is 5.95 Å². The highest BCUT2D eigenvalue weighted by molar-refractivity contribution is 6.32. The molecule has 1 aromatic carbocycles. The number of nitrogens with one attached hydrogen (secondary N) is 3. The van der Waals surface area contributed by atoms with Crippen LogP contribution in [-0.4, -0.2) is 19.9 Å². The highest BCUT2D eigenvalue weighted by atomic mass is 35.5. The van der Waals surface area contributed by atoms with E-state index < -0.39 is 5.69 Å². The molecule has 0 aliphatic rings. The van der Waals surface area contributed by atoms with Crippen molar-refractivity contribution >= 4 is 17.5 Å². The van der Waals surface area contributed by atoms with Crippen LogP contribution in [0.5, 0.6) is 0 Å². The maximum Gasteiger partial charge on any atom is 0.349 e. The number of aromatic amines is 1. The van der Waals surface area contributed by atoms with Crippen LogP contribution < -0.4 is 16.5 Å². The van der Waals surface area contributed by atoms with E-state index in [1.807, 2.05) is 30.3 Å². The van der Waals surface area contributed by atoms with Crippen LogP contribution in [0, 0.1) is 0 Å². The van der Waals surface area contributed by atoms with Crippen molar-refractivity contribution in [3.8, 4) is 11.5 Å². The third kappa shape index (κ3) is 3.91. The molecular formula is C15H13ClN6O. The van der Waals surface area contributed by atoms with E-state index in [2.05, 4.69) is 30.8 Å². The van der Waals surface area contributed by atoms with Crippen molar-refractivity contribution in [1.82, 2.24) is 25.4 Å². The Bertz CT molecular complexity index is 852. The molecule has 8 heteroatoms. The molecule has 2 aromatic heterocycles. The zero-order valence-electron chi connectivity index (χ0n) is 12.0. The summed E-state index contributed by atoms with van der Waals surface area (Å²) in [5.41, 5.74) is 6.69. The predicted octanol–water partition coefficient (Wildman–Crippen LogP) is 2.00. The van der Waals surface area contributed by atoms with Crippen LogP contribution in [0.15, 0.2) is 53.5 Å². The van der Waals surface area contributed by atoms with Crippen LogP contribution in [-0.2, 0) is 6.54 Å². The number of benzene rings is 1. The van der Waals surface area contributed by atoms with Crippen LogP contribution in [0.2, 0.25) is 5.02 Å². The van der Waals surface area contributed by atoms with Crippen molar-refractivity contribution in [2.45, 2.75) is 6.54 Å². The Labute approximate surface area is 136 Å². The summed E-state index contributed by atoms with van der Waals surface area (Å²) >= 11 is 6.07. The maximum atomic E-state index is 11.7. The van der Waals surface area contributed by atoms with Crippen LogP contribution in [0.25, 0.3) is 11.5 Å². The molecule has 0 unspecified atom stereocenters. The zero-order chi connectivity index (χ0) is 16.1. The maximum absolute atomic E-state index is 11.7. The molecule has 0 radical (unpaired) electrons. The van der Waals surface area contributed by atoms with E-state index in [0.29, 0.717) is 17.3 Å². The van der Waals surface area contributed by atoms with Gasteiger partial charge in [-0.3, -0.25) is 15.4 Å². The molecule has 0 fully saturated rings. The second-order valence-electron chi connectivity index (χ2n) is 4.62. The average Bonchev–Trinajstić information content (AvgIpc) is 2.56. The number of H-pyrrole nitrogens is 1. The molecule has 7 nitrogen and oxygen atoms in total. The van der Waals surface area contributed by atoms with Gasteiger partial charge in [-0.2, -0.15) is 9.97 Å².